The van der Waals surface area contributed by atoms with Gasteiger partial charge in [0.25, 0.3) is 0 Å². The molecule has 0 spiro atoms. The van der Waals surface area contributed by atoms with Gasteiger partial charge in [-0.15, -0.1) is 0 Å². The molecule has 3 nitrogen and oxygen atoms in total. The summed E-state index contributed by atoms with van der Waals surface area (Å²) in [5, 5.41) is 0. The second kappa shape index (κ2) is 6.80. The van der Waals surface area contributed by atoms with E-state index in [0.717, 1.165) is 24.0 Å². The van der Waals surface area contributed by atoms with Gasteiger partial charge in [0.05, 0.1) is 7.11 Å². The van der Waals surface area contributed by atoms with Crippen LogP contribution < -0.4 is 10.5 Å². The smallest absolute Gasteiger partial charge is 0.118 e. The van der Waals surface area contributed by atoms with Gasteiger partial charge in [-0.05, 0) is 55.8 Å². The molecule has 1 aliphatic heterocycles. The zero-order chi connectivity index (χ0) is 15.5. The number of likely N-dealkylation sites (tertiary alicyclic amines) is 1. The number of hydrogen-bond acceptors (Lipinski definition) is 3. The Bertz CT molecular complexity index is 443. The Morgan fingerprint density at radius 1 is 1.33 bits per heavy atom. The molecule has 3 heteroatoms. The summed E-state index contributed by atoms with van der Waals surface area (Å²) >= 11 is 0. The average molecular weight is 290 g/mol. The van der Waals surface area contributed by atoms with Crippen molar-refractivity contribution in [3.8, 4) is 5.75 Å². The van der Waals surface area contributed by atoms with E-state index in [1.807, 2.05) is 12.1 Å². The van der Waals surface area contributed by atoms with E-state index in [0.29, 0.717) is 6.54 Å². The highest BCUT2D eigenvalue weighted by atomic mass is 16.5. The average Bonchev–Trinajstić information content (AvgIpc) is 2.98. The molecule has 2 rings (SSSR count). The summed E-state index contributed by atoms with van der Waals surface area (Å²) in [5.74, 6) is 2.49. The Balaban J connectivity index is 2.06. The molecule has 1 heterocycles. The van der Waals surface area contributed by atoms with Gasteiger partial charge in [-0.3, -0.25) is 4.90 Å². The largest absolute Gasteiger partial charge is 0.497 e. The van der Waals surface area contributed by atoms with Crippen molar-refractivity contribution in [1.82, 2.24) is 4.90 Å². The fourth-order valence-electron chi connectivity index (χ4n) is 3.32. The van der Waals surface area contributed by atoms with Crippen LogP contribution in [-0.4, -0.2) is 37.2 Å². The highest BCUT2D eigenvalue weighted by Crippen LogP contribution is 2.31. The first-order chi connectivity index (χ1) is 9.98. The van der Waals surface area contributed by atoms with Crippen molar-refractivity contribution >= 4 is 0 Å². The molecule has 1 aromatic carbocycles. The van der Waals surface area contributed by atoms with Crippen molar-refractivity contribution in [3.63, 3.8) is 0 Å². The first-order valence-corrected chi connectivity index (χ1v) is 8.06. The summed E-state index contributed by atoms with van der Waals surface area (Å²) in [6.45, 7) is 10.0. The maximum atomic E-state index is 6.15. The van der Waals surface area contributed by atoms with Crippen LogP contribution >= 0.6 is 0 Å². The van der Waals surface area contributed by atoms with Crippen molar-refractivity contribution in [2.45, 2.75) is 39.2 Å². The number of nitrogens with two attached hydrogens (primary N) is 1. The van der Waals surface area contributed by atoms with Crippen LogP contribution in [0.5, 0.6) is 5.75 Å². The van der Waals surface area contributed by atoms with Crippen LogP contribution in [0.15, 0.2) is 24.3 Å². The van der Waals surface area contributed by atoms with Crippen molar-refractivity contribution in [1.29, 1.82) is 0 Å². The number of benzene rings is 1. The molecule has 1 aromatic rings. The third kappa shape index (κ3) is 3.78. The monoisotopic (exact) mass is 290 g/mol. The maximum absolute atomic E-state index is 6.15. The summed E-state index contributed by atoms with van der Waals surface area (Å²) in [7, 11) is 1.70. The predicted octanol–water partition coefficient (Wildman–Crippen LogP) is 2.93. The van der Waals surface area contributed by atoms with E-state index in [2.05, 4.69) is 37.8 Å². The highest BCUT2D eigenvalue weighted by molar-refractivity contribution is 5.28. The third-order valence-electron chi connectivity index (χ3n) is 5.11. The Hall–Kier alpha value is -1.06. The highest BCUT2D eigenvalue weighted by Gasteiger charge is 2.36. The molecular weight excluding hydrogens is 260 g/mol. The molecule has 0 bridgehead atoms. The molecule has 1 saturated heterocycles. The zero-order valence-corrected chi connectivity index (χ0v) is 13.9. The van der Waals surface area contributed by atoms with Crippen LogP contribution in [0.25, 0.3) is 0 Å². The molecule has 0 aliphatic carbocycles. The lowest BCUT2D eigenvalue weighted by Crippen LogP contribution is -2.52. The fraction of sp³-hybridized carbons (Fsp3) is 0.667. The first-order valence-electron chi connectivity index (χ1n) is 8.06. The van der Waals surface area contributed by atoms with Gasteiger partial charge >= 0.3 is 0 Å². The van der Waals surface area contributed by atoms with Gasteiger partial charge in [0, 0.05) is 18.6 Å². The van der Waals surface area contributed by atoms with Crippen LogP contribution in [0.4, 0.5) is 0 Å². The SMILES string of the molecule is COc1ccc(CC(C)(CN)N2CCC(C(C)C)C2)cc1. The number of hydrogen-bond donors (Lipinski definition) is 1. The lowest BCUT2D eigenvalue weighted by Gasteiger charge is -2.38. The van der Waals surface area contributed by atoms with Crippen molar-refractivity contribution in [2.24, 2.45) is 17.6 Å². The summed E-state index contributed by atoms with van der Waals surface area (Å²) in [6, 6.07) is 8.38. The van der Waals surface area contributed by atoms with E-state index in [9.17, 15) is 0 Å². The van der Waals surface area contributed by atoms with Crippen LogP contribution in [0.1, 0.15) is 32.8 Å². The summed E-state index contributed by atoms with van der Waals surface area (Å²) in [5.41, 5.74) is 7.53. The van der Waals surface area contributed by atoms with Crippen LogP contribution in [0, 0.1) is 11.8 Å². The predicted molar refractivity (Wildman–Crippen MR) is 88.7 cm³/mol. The normalized spacial score (nSPS) is 22.5. The van der Waals surface area contributed by atoms with E-state index in [-0.39, 0.29) is 5.54 Å². The van der Waals surface area contributed by atoms with Crippen molar-refractivity contribution < 1.29 is 4.74 Å². The van der Waals surface area contributed by atoms with Crippen LogP contribution in [-0.2, 0) is 6.42 Å². The van der Waals surface area contributed by atoms with E-state index in [4.69, 9.17) is 10.5 Å². The number of rotatable bonds is 6. The Morgan fingerprint density at radius 2 is 2.00 bits per heavy atom. The zero-order valence-electron chi connectivity index (χ0n) is 13.9. The molecule has 0 radical (unpaired) electrons. The number of methoxy groups -OCH3 is 1. The van der Waals surface area contributed by atoms with Gasteiger partial charge in [0.15, 0.2) is 0 Å². The van der Waals surface area contributed by atoms with Crippen LogP contribution in [0.2, 0.25) is 0 Å². The minimum atomic E-state index is 0.0538. The summed E-state index contributed by atoms with van der Waals surface area (Å²) in [4.78, 5) is 2.60. The van der Waals surface area contributed by atoms with Gasteiger partial charge in [0.2, 0.25) is 0 Å². The van der Waals surface area contributed by atoms with Gasteiger partial charge in [-0.2, -0.15) is 0 Å². The molecule has 2 atom stereocenters. The minimum absolute atomic E-state index is 0.0538. The molecule has 0 aromatic heterocycles. The Labute approximate surface area is 129 Å². The summed E-state index contributed by atoms with van der Waals surface area (Å²) in [6.07, 6.45) is 2.30. The van der Waals surface area contributed by atoms with Gasteiger partial charge in [-0.25, -0.2) is 0 Å². The van der Waals surface area contributed by atoms with Gasteiger partial charge < -0.3 is 10.5 Å². The third-order valence-corrected chi connectivity index (χ3v) is 5.11. The summed E-state index contributed by atoms with van der Waals surface area (Å²) < 4.78 is 5.23. The van der Waals surface area contributed by atoms with E-state index >= 15 is 0 Å². The molecule has 0 amide bonds. The van der Waals surface area contributed by atoms with Gasteiger partial charge in [0.1, 0.15) is 5.75 Å². The quantitative estimate of drug-likeness (QED) is 0.875. The number of ether oxygens (including phenoxy) is 1. The molecule has 1 aliphatic rings. The van der Waals surface area contributed by atoms with E-state index < -0.39 is 0 Å². The molecule has 2 N–H and O–H groups in total. The second-order valence-corrected chi connectivity index (χ2v) is 6.96. The fourth-order valence-corrected chi connectivity index (χ4v) is 3.32. The Morgan fingerprint density at radius 3 is 2.48 bits per heavy atom. The first kappa shape index (κ1) is 16.3. The van der Waals surface area contributed by atoms with E-state index in [1.54, 1.807) is 7.11 Å². The molecular formula is C18H30N2O. The standard InChI is InChI=1S/C18H30N2O/c1-14(2)16-9-10-20(12-16)18(3,13-19)11-15-5-7-17(21-4)8-6-15/h5-8,14,16H,9-13,19H2,1-4H3. The number of nitrogens with zero attached hydrogens (tertiary/aromatic N) is 1. The van der Waals surface area contributed by atoms with E-state index in [1.165, 1.54) is 25.1 Å². The lowest BCUT2D eigenvalue weighted by atomic mass is 9.90. The lowest BCUT2D eigenvalue weighted by molar-refractivity contribution is 0.133. The molecule has 2 unspecified atom stereocenters. The molecule has 118 valence electrons. The molecule has 21 heavy (non-hydrogen) atoms. The van der Waals surface area contributed by atoms with Crippen molar-refractivity contribution in [2.75, 3.05) is 26.7 Å². The topological polar surface area (TPSA) is 38.5 Å². The Kier molecular flexibility index (Phi) is 5.28. The maximum Gasteiger partial charge on any atom is 0.118 e. The second-order valence-electron chi connectivity index (χ2n) is 6.96. The molecule has 0 saturated carbocycles. The minimum Gasteiger partial charge on any atom is -0.497 e. The van der Waals surface area contributed by atoms with Crippen molar-refractivity contribution in [3.05, 3.63) is 29.8 Å². The molecule has 1 fully saturated rings. The van der Waals surface area contributed by atoms with Gasteiger partial charge in [-0.1, -0.05) is 26.0 Å². The van der Waals surface area contributed by atoms with Crippen LogP contribution in [0.3, 0.4) is 0 Å².